The van der Waals surface area contributed by atoms with Crippen LogP contribution in [0.5, 0.6) is 0 Å². The number of hydrogen-bond donors (Lipinski definition) is 1. The maximum absolute atomic E-state index is 13.2. The van der Waals surface area contributed by atoms with E-state index >= 15 is 0 Å². The van der Waals surface area contributed by atoms with Crippen LogP contribution in [-0.2, 0) is 16.1 Å². The number of rotatable bonds is 7. The summed E-state index contributed by atoms with van der Waals surface area (Å²) in [4.78, 5) is 45.5. The molecule has 166 valence electrons. The Balaban J connectivity index is 1.59. The molecule has 1 aliphatic rings. The maximum atomic E-state index is 13.2. The summed E-state index contributed by atoms with van der Waals surface area (Å²) >= 11 is 2.70. The van der Waals surface area contributed by atoms with Gasteiger partial charge in [-0.25, -0.2) is 4.98 Å². The summed E-state index contributed by atoms with van der Waals surface area (Å²) in [6, 6.07) is 11.7. The van der Waals surface area contributed by atoms with Crippen molar-refractivity contribution in [3.05, 3.63) is 59.4 Å². The topological polar surface area (TPSA) is 98.3 Å². The van der Waals surface area contributed by atoms with Gasteiger partial charge >= 0.3 is 0 Å². The second kappa shape index (κ2) is 9.70. The highest BCUT2D eigenvalue weighted by molar-refractivity contribution is 7.99. The third kappa shape index (κ3) is 4.63. The molecule has 7 nitrogen and oxygen atoms in total. The van der Waals surface area contributed by atoms with Crippen molar-refractivity contribution in [2.24, 2.45) is 11.7 Å². The third-order valence-corrected chi connectivity index (χ3v) is 7.53. The van der Waals surface area contributed by atoms with E-state index in [1.807, 2.05) is 36.4 Å². The standard InChI is InChI=1S/C23H24N4O3S2/c1-2-10-27-22(30)17-12-18(15-7-4-3-5-8-15)32-21(17)25-23(27)31-14-19(28)26-11-6-9-16(13-26)20(24)29/h2-5,7-8,12,16H,1,6,9-11,13-14H2,(H2,24,29). The first-order valence-corrected chi connectivity index (χ1v) is 12.2. The van der Waals surface area contributed by atoms with Crippen molar-refractivity contribution in [3.63, 3.8) is 0 Å². The van der Waals surface area contributed by atoms with Crippen LogP contribution < -0.4 is 11.3 Å². The van der Waals surface area contributed by atoms with E-state index in [1.165, 1.54) is 23.1 Å². The Hall–Kier alpha value is -2.91. The smallest absolute Gasteiger partial charge is 0.263 e. The Bertz CT molecular complexity index is 1220. The van der Waals surface area contributed by atoms with Gasteiger partial charge in [0.05, 0.1) is 17.1 Å². The van der Waals surface area contributed by atoms with Crippen molar-refractivity contribution in [1.29, 1.82) is 0 Å². The summed E-state index contributed by atoms with van der Waals surface area (Å²) in [6.07, 6.45) is 3.12. The molecular formula is C23H24N4O3S2. The van der Waals surface area contributed by atoms with Crippen LogP contribution in [0.25, 0.3) is 20.7 Å². The Morgan fingerprint density at radius 2 is 2.09 bits per heavy atom. The van der Waals surface area contributed by atoms with Crippen molar-refractivity contribution < 1.29 is 9.59 Å². The molecule has 9 heteroatoms. The maximum Gasteiger partial charge on any atom is 0.263 e. The van der Waals surface area contributed by atoms with Crippen LogP contribution >= 0.6 is 23.1 Å². The Morgan fingerprint density at radius 3 is 2.81 bits per heavy atom. The first-order valence-electron chi connectivity index (χ1n) is 10.4. The van der Waals surface area contributed by atoms with E-state index in [2.05, 4.69) is 6.58 Å². The fourth-order valence-corrected chi connectivity index (χ4v) is 5.78. The number of thiophene rings is 1. The number of benzene rings is 1. The van der Waals surface area contributed by atoms with E-state index in [1.54, 1.807) is 15.5 Å². The molecule has 1 fully saturated rings. The van der Waals surface area contributed by atoms with E-state index < -0.39 is 0 Å². The second-order valence-corrected chi connectivity index (χ2v) is 9.64. The van der Waals surface area contributed by atoms with Crippen LogP contribution in [0.1, 0.15) is 12.8 Å². The monoisotopic (exact) mass is 468 g/mol. The molecule has 0 aliphatic carbocycles. The number of allylic oxidation sites excluding steroid dienone is 1. The fourth-order valence-electron chi connectivity index (χ4n) is 3.80. The zero-order chi connectivity index (χ0) is 22.7. The minimum absolute atomic E-state index is 0.0865. The van der Waals surface area contributed by atoms with Gasteiger partial charge in [0.1, 0.15) is 4.83 Å². The number of likely N-dealkylation sites (tertiary alicyclic amines) is 1. The first kappa shape index (κ1) is 22.3. The highest BCUT2D eigenvalue weighted by atomic mass is 32.2. The van der Waals surface area contributed by atoms with Crippen LogP contribution in [0.15, 0.2) is 59.0 Å². The minimum atomic E-state index is -0.367. The van der Waals surface area contributed by atoms with Crippen molar-refractivity contribution in [1.82, 2.24) is 14.5 Å². The summed E-state index contributed by atoms with van der Waals surface area (Å²) in [5.41, 5.74) is 6.31. The highest BCUT2D eigenvalue weighted by Crippen LogP contribution is 2.32. The van der Waals surface area contributed by atoms with Crippen molar-refractivity contribution >= 4 is 45.1 Å². The van der Waals surface area contributed by atoms with Crippen molar-refractivity contribution in [2.75, 3.05) is 18.8 Å². The second-order valence-electron chi connectivity index (χ2n) is 7.66. The molecule has 1 saturated heterocycles. The number of carbonyl (C=O) groups is 2. The number of fused-ring (bicyclic) bond motifs is 1. The number of aromatic nitrogens is 2. The molecular weight excluding hydrogens is 444 g/mol. The molecule has 0 bridgehead atoms. The largest absolute Gasteiger partial charge is 0.369 e. The number of amides is 2. The van der Waals surface area contributed by atoms with E-state index in [9.17, 15) is 14.4 Å². The number of thioether (sulfide) groups is 1. The fraction of sp³-hybridized carbons (Fsp3) is 0.304. The molecule has 3 aromatic rings. The number of primary amides is 1. The minimum Gasteiger partial charge on any atom is -0.369 e. The van der Waals surface area contributed by atoms with E-state index in [-0.39, 0.29) is 29.0 Å². The first-order chi connectivity index (χ1) is 15.5. The molecule has 32 heavy (non-hydrogen) atoms. The molecule has 4 rings (SSSR count). The van der Waals surface area contributed by atoms with Crippen LogP contribution in [0.2, 0.25) is 0 Å². The summed E-state index contributed by atoms with van der Waals surface area (Å²) in [5, 5.41) is 1.05. The molecule has 1 aliphatic heterocycles. The lowest BCUT2D eigenvalue weighted by Gasteiger charge is -2.31. The Morgan fingerprint density at radius 1 is 1.31 bits per heavy atom. The summed E-state index contributed by atoms with van der Waals surface area (Å²) < 4.78 is 1.55. The predicted octanol–water partition coefficient (Wildman–Crippen LogP) is 3.13. The van der Waals surface area contributed by atoms with Gasteiger partial charge in [-0.2, -0.15) is 0 Å². The molecule has 2 N–H and O–H groups in total. The van der Waals surface area contributed by atoms with E-state index in [0.29, 0.717) is 41.4 Å². The summed E-state index contributed by atoms with van der Waals surface area (Å²) in [7, 11) is 0. The van der Waals surface area contributed by atoms with Crippen LogP contribution in [-0.4, -0.2) is 45.1 Å². The SMILES string of the molecule is C=CCn1c(SCC(=O)N2CCCC(C(N)=O)C2)nc2sc(-c3ccccc3)cc2c1=O. The van der Waals surface area contributed by atoms with Gasteiger partial charge in [0.15, 0.2) is 5.16 Å². The molecule has 0 saturated carbocycles. The van der Waals surface area contributed by atoms with Gasteiger partial charge in [0, 0.05) is 24.5 Å². The van der Waals surface area contributed by atoms with E-state index in [0.717, 1.165) is 16.9 Å². The number of piperidine rings is 1. The molecule has 2 amide bonds. The van der Waals surface area contributed by atoms with Gasteiger partial charge in [0.25, 0.3) is 5.56 Å². The van der Waals surface area contributed by atoms with Gasteiger partial charge in [-0.05, 0) is 24.5 Å². The van der Waals surface area contributed by atoms with Crippen LogP contribution in [0, 0.1) is 5.92 Å². The molecule has 3 heterocycles. The lowest BCUT2D eigenvalue weighted by atomic mass is 9.97. The zero-order valence-corrected chi connectivity index (χ0v) is 19.2. The molecule has 0 spiro atoms. The predicted molar refractivity (Wildman–Crippen MR) is 129 cm³/mol. The number of nitrogens with two attached hydrogens (primary N) is 1. The quantitative estimate of drug-likeness (QED) is 0.326. The van der Waals surface area contributed by atoms with Crippen molar-refractivity contribution in [2.45, 2.75) is 24.5 Å². The molecule has 1 aromatic carbocycles. The van der Waals surface area contributed by atoms with Crippen molar-refractivity contribution in [3.8, 4) is 10.4 Å². The normalized spacial score (nSPS) is 16.2. The summed E-state index contributed by atoms with van der Waals surface area (Å²) in [5.74, 6) is -0.614. The number of carbonyl (C=O) groups excluding carboxylic acids is 2. The van der Waals surface area contributed by atoms with Gasteiger partial charge in [-0.15, -0.1) is 17.9 Å². The Labute approximate surface area is 193 Å². The van der Waals surface area contributed by atoms with Gasteiger partial charge in [0.2, 0.25) is 11.8 Å². The number of hydrogen-bond acceptors (Lipinski definition) is 6. The highest BCUT2D eigenvalue weighted by Gasteiger charge is 2.27. The van der Waals surface area contributed by atoms with Crippen LogP contribution in [0.3, 0.4) is 0 Å². The van der Waals surface area contributed by atoms with Gasteiger partial charge in [-0.1, -0.05) is 48.2 Å². The Kier molecular flexibility index (Phi) is 6.76. The molecule has 0 radical (unpaired) electrons. The van der Waals surface area contributed by atoms with Gasteiger partial charge in [-0.3, -0.25) is 19.0 Å². The average Bonchev–Trinajstić information content (AvgIpc) is 3.25. The lowest BCUT2D eigenvalue weighted by molar-refractivity contribution is -0.132. The van der Waals surface area contributed by atoms with Gasteiger partial charge < -0.3 is 10.6 Å². The molecule has 1 atom stereocenters. The lowest BCUT2D eigenvalue weighted by Crippen LogP contribution is -2.44. The van der Waals surface area contributed by atoms with Crippen LogP contribution in [0.4, 0.5) is 0 Å². The van der Waals surface area contributed by atoms with E-state index in [4.69, 9.17) is 10.7 Å². The molecule has 1 unspecified atom stereocenters. The molecule has 2 aromatic heterocycles. The number of nitrogens with zero attached hydrogens (tertiary/aromatic N) is 3. The zero-order valence-electron chi connectivity index (χ0n) is 17.5. The third-order valence-electron chi connectivity index (χ3n) is 5.49. The average molecular weight is 469 g/mol. The summed E-state index contributed by atoms with van der Waals surface area (Å²) in [6.45, 7) is 5.02.